The average Bonchev–Trinajstić information content (AvgIpc) is 3.15. The molecular weight excluding hydrogens is 668 g/mol. The van der Waals surface area contributed by atoms with Crippen LogP contribution in [0.4, 0.5) is 0 Å². The van der Waals surface area contributed by atoms with Crippen molar-refractivity contribution < 1.29 is 66.4 Å². The molecule has 0 saturated heterocycles. The van der Waals surface area contributed by atoms with Crippen LogP contribution in [0.5, 0.6) is 0 Å². The summed E-state index contributed by atoms with van der Waals surface area (Å²) in [7, 11) is 0. The number of benzene rings is 1. The van der Waals surface area contributed by atoms with Crippen molar-refractivity contribution in [3.8, 4) is 0 Å². The average molecular weight is 735 g/mol. The number of hydrogen-bond acceptors (Lipinski definition) is 14. The van der Waals surface area contributed by atoms with E-state index in [1.165, 1.54) is 0 Å². The summed E-state index contributed by atoms with van der Waals surface area (Å²) in [6, 6.07) is 10.1. The third-order valence-corrected chi connectivity index (χ3v) is 6.68. The topological polar surface area (TPSA) is 137 Å². The monoisotopic (exact) mass is 734 g/mol. The molecule has 0 aliphatic rings. The first kappa shape index (κ1) is 47.2. The highest BCUT2D eigenvalue weighted by Gasteiger charge is 2.02. The molecule has 0 heterocycles. The van der Waals surface area contributed by atoms with Crippen LogP contribution in [-0.2, 0) is 73.0 Å². The van der Waals surface area contributed by atoms with Gasteiger partial charge in [-0.2, -0.15) is 0 Å². The standard InChI is InChI=1S/C37H66O14/c1-2-3-5-10-37(38)51-34-33-49-30-29-47-26-25-45-22-21-43-18-17-41-14-13-39-11-12-40-15-16-42-19-20-44-23-24-46-27-28-48-31-32-50-35-36-8-6-4-7-9-36/h4,6-9H,2-3,5,10-35H2,1H3. The van der Waals surface area contributed by atoms with Crippen LogP contribution in [0.15, 0.2) is 30.3 Å². The van der Waals surface area contributed by atoms with E-state index in [9.17, 15) is 4.79 Å². The predicted molar refractivity (Wildman–Crippen MR) is 190 cm³/mol. The lowest BCUT2D eigenvalue weighted by Crippen LogP contribution is -2.15. The van der Waals surface area contributed by atoms with Crippen LogP contribution in [0, 0.1) is 0 Å². The molecule has 298 valence electrons. The lowest BCUT2D eigenvalue weighted by molar-refractivity contribution is -0.145. The van der Waals surface area contributed by atoms with Crippen LogP contribution in [0.2, 0.25) is 0 Å². The Bertz CT molecular complexity index is 820. The summed E-state index contributed by atoms with van der Waals surface area (Å²) < 4.78 is 70.9. The molecule has 0 N–H and O–H groups in total. The molecule has 0 atom stereocenters. The van der Waals surface area contributed by atoms with Gasteiger partial charge in [0.25, 0.3) is 0 Å². The van der Waals surface area contributed by atoms with Crippen molar-refractivity contribution in [2.75, 3.05) is 159 Å². The Balaban J connectivity index is 1.61. The molecule has 0 amide bonds. The summed E-state index contributed by atoms with van der Waals surface area (Å²) in [5.74, 6) is -0.160. The Morgan fingerprint density at radius 1 is 0.392 bits per heavy atom. The molecule has 0 aliphatic carbocycles. The highest BCUT2D eigenvalue weighted by Crippen LogP contribution is 2.01. The van der Waals surface area contributed by atoms with Gasteiger partial charge in [-0.1, -0.05) is 50.1 Å². The minimum Gasteiger partial charge on any atom is -0.463 e. The molecule has 1 aromatic carbocycles. The SMILES string of the molecule is CCCCCC(=O)OCCOCCOCCOCCOCCOCCOCCOCCOCCOCCOCCOCCOCc1ccccc1. The molecule has 0 bridgehead atoms. The van der Waals surface area contributed by atoms with Gasteiger partial charge >= 0.3 is 5.97 Å². The van der Waals surface area contributed by atoms with Gasteiger partial charge in [0.2, 0.25) is 0 Å². The van der Waals surface area contributed by atoms with Gasteiger partial charge in [-0.15, -0.1) is 0 Å². The number of carbonyl (C=O) groups is 1. The van der Waals surface area contributed by atoms with Crippen molar-refractivity contribution in [3.05, 3.63) is 35.9 Å². The largest absolute Gasteiger partial charge is 0.463 e. The van der Waals surface area contributed by atoms with Gasteiger partial charge in [0.05, 0.1) is 159 Å². The van der Waals surface area contributed by atoms with Gasteiger partial charge in [-0.25, -0.2) is 0 Å². The minimum absolute atomic E-state index is 0.160. The quantitative estimate of drug-likeness (QED) is 0.0716. The first-order valence-corrected chi connectivity index (χ1v) is 18.5. The Hall–Kier alpha value is -1.79. The first-order valence-electron chi connectivity index (χ1n) is 18.5. The summed E-state index contributed by atoms with van der Waals surface area (Å²) in [5, 5.41) is 0. The first-order chi connectivity index (χ1) is 25.3. The molecule has 14 heteroatoms. The zero-order chi connectivity index (χ0) is 36.4. The number of ether oxygens (including phenoxy) is 13. The third-order valence-electron chi connectivity index (χ3n) is 6.68. The fourth-order valence-electron chi connectivity index (χ4n) is 3.99. The Morgan fingerprint density at radius 3 is 1.00 bits per heavy atom. The maximum absolute atomic E-state index is 11.5. The van der Waals surface area contributed by atoms with Crippen LogP contribution in [0.1, 0.15) is 38.2 Å². The summed E-state index contributed by atoms with van der Waals surface area (Å²) in [4.78, 5) is 11.5. The summed E-state index contributed by atoms with van der Waals surface area (Å²) >= 11 is 0. The second-order valence-electron chi connectivity index (χ2n) is 11.0. The Kier molecular flexibility index (Phi) is 37.9. The van der Waals surface area contributed by atoms with Crippen LogP contribution in [0.3, 0.4) is 0 Å². The van der Waals surface area contributed by atoms with Gasteiger partial charge in [0.1, 0.15) is 6.61 Å². The van der Waals surface area contributed by atoms with Crippen molar-refractivity contribution in [1.82, 2.24) is 0 Å². The van der Waals surface area contributed by atoms with Gasteiger partial charge in [0.15, 0.2) is 0 Å². The van der Waals surface area contributed by atoms with Crippen molar-refractivity contribution in [2.45, 2.75) is 39.2 Å². The molecule has 0 unspecified atom stereocenters. The van der Waals surface area contributed by atoms with E-state index < -0.39 is 0 Å². The number of unbranched alkanes of at least 4 members (excludes halogenated alkanes) is 2. The maximum atomic E-state index is 11.5. The van der Waals surface area contributed by atoms with Crippen LogP contribution in [0.25, 0.3) is 0 Å². The van der Waals surface area contributed by atoms with E-state index in [1.807, 2.05) is 30.3 Å². The van der Waals surface area contributed by atoms with E-state index in [2.05, 4.69) is 6.92 Å². The van der Waals surface area contributed by atoms with E-state index >= 15 is 0 Å². The second-order valence-corrected chi connectivity index (χ2v) is 11.0. The number of hydrogen-bond donors (Lipinski definition) is 0. The van der Waals surface area contributed by atoms with E-state index in [4.69, 9.17) is 61.6 Å². The van der Waals surface area contributed by atoms with Gasteiger partial charge in [-0.05, 0) is 12.0 Å². The fourth-order valence-corrected chi connectivity index (χ4v) is 3.99. The molecule has 1 aromatic rings. The summed E-state index contributed by atoms with van der Waals surface area (Å²) in [5.41, 5.74) is 1.16. The lowest BCUT2D eigenvalue weighted by atomic mass is 10.2. The lowest BCUT2D eigenvalue weighted by Gasteiger charge is -2.09. The van der Waals surface area contributed by atoms with Crippen LogP contribution < -0.4 is 0 Å². The molecule has 0 fully saturated rings. The highest BCUT2D eigenvalue weighted by molar-refractivity contribution is 5.69. The van der Waals surface area contributed by atoms with Crippen molar-refractivity contribution in [2.24, 2.45) is 0 Å². The Morgan fingerprint density at radius 2 is 0.686 bits per heavy atom. The van der Waals surface area contributed by atoms with E-state index in [0.29, 0.717) is 165 Å². The molecule has 0 saturated carbocycles. The predicted octanol–water partition coefficient (Wildman–Crippen LogP) is 3.51. The summed E-state index contributed by atoms with van der Waals surface area (Å²) in [6.07, 6.45) is 3.49. The molecule has 0 spiro atoms. The van der Waals surface area contributed by atoms with E-state index in [-0.39, 0.29) is 12.6 Å². The van der Waals surface area contributed by atoms with Crippen molar-refractivity contribution in [3.63, 3.8) is 0 Å². The number of esters is 1. The zero-order valence-corrected chi connectivity index (χ0v) is 31.1. The zero-order valence-electron chi connectivity index (χ0n) is 31.1. The highest BCUT2D eigenvalue weighted by atomic mass is 16.6. The molecule has 0 aromatic heterocycles. The van der Waals surface area contributed by atoms with Gasteiger partial charge in [-0.3, -0.25) is 4.79 Å². The molecule has 0 radical (unpaired) electrons. The van der Waals surface area contributed by atoms with E-state index in [0.717, 1.165) is 24.8 Å². The molecule has 51 heavy (non-hydrogen) atoms. The Labute approximate surface area is 305 Å². The van der Waals surface area contributed by atoms with Crippen LogP contribution >= 0.6 is 0 Å². The van der Waals surface area contributed by atoms with E-state index in [1.54, 1.807) is 0 Å². The normalized spacial score (nSPS) is 11.4. The maximum Gasteiger partial charge on any atom is 0.305 e. The third kappa shape index (κ3) is 37.8. The van der Waals surface area contributed by atoms with Gasteiger partial charge in [0, 0.05) is 6.42 Å². The molecular formula is C37H66O14. The second kappa shape index (κ2) is 41.0. The van der Waals surface area contributed by atoms with Crippen LogP contribution in [-0.4, -0.2) is 165 Å². The van der Waals surface area contributed by atoms with Gasteiger partial charge < -0.3 is 61.6 Å². The smallest absolute Gasteiger partial charge is 0.305 e. The molecule has 14 nitrogen and oxygen atoms in total. The number of carbonyl (C=O) groups excluding carboxylic acids is 1. The minimum atomic E-state index is -0.160. The van der Waals surface area contributed by atoms with Crippen molar-refractivity contribution >= 4 is 5.97 Å². The molecule has 1 rings (SSSR count). The molecule has 0 aliphatic heterocycles. The fraction of sp³-hybridized carbons (Fsp3) is 0.811. The number of rotatable bonds is 42. The summed E-state index contributed by atoms with van der Waals surface area (Å²) in [6.45, 7) is 14.4. The van der Waals surface area contributed by atoms with Crippen molar-refractivity contribution in [1.29, 1.82) is 0 Å².